The number of methoxy groups -OCH3 is 1. The molecule has 0 bridgehead atoms. The monoisotopic (exact) mass is 429 g/mol. The van der Waals surface area contributed by atoms with E-state index in [9.17, 15) is 13.2 Å². The molecule has 0 unspecified atom stereocenters. The molecule has 0 aliphatic carbocycles. The van der Waals surface area contributed by atoms with Gasteiger partial charge in [0.2, 0.25) is 11.8 Å². The number of aromatic nitrogens is 2. The number of aryl methyl sites for hydroxylation is 2. The molecule has 0 aliphatic rings. The van der Waals surface area contributed by atoms with Crippen molar-refractivity contribution in [3.8, 4) is 5.75 Å². The SMILES string of the molecule is COc1ccc(S(=O)(=O)CCC(=O)Nc2nnc(Cc3ccc(C)c(C)c3)o2)cc1. The zero-order valence-electron chi connectivity index (χ0n) is 17.0. The zero-order valence-corrected chi connectivity index (χ0v) is 17.8. The Morgan fingerprint density at radius 3 is 2.47 bits per heavy atom. The molecule has 1 aromatic heterocycles. The number of nitrogens with one attached hydrogen (secondary N) is 1. The number of hydrogen-bond donors (Lipinski definition) is 1. The van der Waals surface area contributed by atoms with E-state index in [-0.39, 0.29) is 23.1 Å². The summed E-state index contributed by atoms with van der Waals surface area (Å²) >= 11 is 0. The van der Waals surface area contributed by atoms with Crippen LogP contribution >= 0.6 is 0 Å². The van der Waals surface area contributed by atoms with Crippen LogP contribution in [-0.4, -0.2) is 37.4 Å². The summed E-state index contributed by atoms with van der Waals surface area (Å²) in [5.41, 5.74) is 3.38. The van der Waals surface area contributed by atoms with E-state index in [1.807, 2.05) is 32.0 Å². The predicted molar refractivity (Wildman–Crippen MR) is 111 cm³/mol. The van der Waals surface area contributed by atoms with Gasteiger partial charge in [-0.15, -0.1) is 5.10 Å². The largest absolute Gasteiger partial charge is 0.497 e. The molecule has 30 heavy (non-hydrogen) atoms. The van der Waals surface area contributed by atoms with Crippen molar-refractivity contribution in [3.05, 3.63) is 65.0 Å². The third-order valence-electron chi connectivity index (χ3n) is 4.66. The Morgan fingerprint density at radius 1 is 1.07 bits per heavy atom. The second-order valence-electron chi connectivity index (χ2n) is 6.89. The van der Waals surface area contributed by atoms with Gasteiger partial charge >= 0.3 is 6.01 Å². The first kappa shape index (κ1) is 21.5. The lowest BCUT2D eigenvalue weighted by molar-refractivity contribution is -0.116. The van der Waals surface area contributed by atoms with Crippen molar-refractivity contribution in [2.75, 3.05) is 18.2 Å². The first-order valence-electron chi connectivity index (χ1n) is 9.32. The summed E-state index contributed by atoms with van der Waals surface area (Å²) in [5, 5.41) is 10.2. The number of hydrogen-bond acceptors (Lipinski definition) is 7. The molecular formula is C21H23N3O5S. The Labute approximate surface area is 175 Å². The fourth-order valence-electron chi connectivity index (χ4n) is 2.77. The summed E-state index contributed by atoms with van der Waals surface area (Å²) in [6, 6.07) is 12.0. The van der Waals surface area contributed by atoms with Crippen LogP contribution in [0.4, 0.5) is 6.01 Å². The molecule has 0 radical (unpaired) electrons. The average Bonchev–Trinajstić information content (AvgIpc) is 3.16. The van der Waals surface area contributed by atoms with E-state index in [4.69, 9.17) is 9.15 Å². The Bertz CT molecular complexity index is 1140. The average molecular weight is 429 g/mol. The van der Waals surface area contributed by atoms with Crippen LogP contribution in [0.3, 0.4) is 0 Å². The van der Waals surface area contributed by atoms with Gasteiger partial charge in [0, 0.05) is 6.42 Å². The Balaban J connectivity index is 1.55. The minimum atomic E-state index is -3.60. The highest BCUT2D eigenvalue weighted by atomic mass is 32.2. The highest BCUT2D eigenvalue weighted by Gasteiger charge is 2.18. The van der Waals surface area contributed by atoms with Crippen molar-refractivity contribution < 1.29 is 22.4 Å². The van der Waals surface area contributed by atoms with Crippen molar-refractivity contribution >= 4 is 21.8 Å². The van der Waals surface area contributed by atoms with E-state index in [1.165, 1.54) is 30.4 Å². The predicted octanol–water partition coefficient (Wildman–Crippen LogP) is 3.09. The molecule has 2 aromatic carbocycles. The summed E-state index contributed by atoms with van der Waals surface area (Å²) in [4.78, 5) is 12.2. The van der Waals surface area contributed by atoms with Gasteiger partial charge in [0.25, 0.3) is 0 Å². The molecule has 0 spiro atoms. The van der Waals surface area contributed by atoms with Crippen LogP contribution in [0.25, 0.3) is 0 Å². The van der Waals surface area contributed by atoms with E-state index < -0.39 is 15.7 Å². The van der Waals surface area contributed by atoms with Gasteiger partial charge < -0.3 is 9.15 Å². The standard InChI is InChI=1S/C21H23N3O5S/c1-14-4-5-16(12-15(14)2)13-20-23-24-21(29-20)22-19(25)10-11-30(26,27)18-8-6-17(28-3)7-9-18/h4-9,12H,10-11,13H2,1-3H3,(H,22,24,25). The lowest BCUT2D eigenvalue weighted by atomic mass is 10.0. The summed E-state index contributed by atoms with van der Waals surface area (Å²) < 4.78 is 35.2. The van der Waals surface area contributed by atoms with Crippen LogP contribution in [0.2, 0.25) is 0 Å². The fraction of sp³-hybridized carbons (Fsp3) is 0.286. The number of carbonyl (C=O) groups is 1. The van der Waals surface area contributed by atoms with Crippen LogP contribution in [0.15, 0.2) is 51.8 Å². The van der Waals surface area contributed by atoms with Gasteiger partial charge in [0.15, 0.2) is 9.84 Å². The molecule has 1 amide bonds. The molecular weight excluding hydrogens is 406 g/mol. The van der Waals surface area contributed by atoms with Crippen LogP contribution in [-0.2, 0) is 21.1 Å². The normalized spacial score (nSPS) is 11.3. The fourth-order valence-corrected chi connectivity index (χ4v) is 4.01. The molecule has 1 heterocycles. The maximum atomic E-state index is 12.4. The maximum Gasteiger partial charge on any atom is 0.322 e. The number of amides is 1. The second kappa shape index (κ2) is 9.08. The molecule has 0 atom stereocenters. The Hall–Kier alpha value is -3.20. The van der Waals surface area contributed by atoms with Gasteiger partial charge in [0.05, 0.1) is 24.2 Å². The van der Waals surface area contributed by atoms with E-state index in [2.05, 4.69) is 15.5 Å². The summed E-state index contributed by atoms with van der Waals surface area (Å²) in [6.07, 6.45) is 0.207. The smallest absolute Gasteiger partial charge is 0.322 e. The topological polar surface area (TPSA) is 111 Å². The van der Waals surface area contributed by atoms with Crippen LogP contribution in [0.1, 0.15) is 29.0 Å². The van der Waals surface area contributed by atoms with Gasteiger partial charge in [0.1, 0.15) is 5.75 Å². The molecule has 9 heteroatoms. The summed E-state index contributed by atoms with van der Waals surface area (Å²) in [6.45, 7) is 4.06. The van der Waals surface area contributed by atoms with Gasteiger partial charge in [-0.3, -0.25) is 10.1 Å². The molecule has 0 saturated carbocycles. The number of ether oxygens (including phenoxy) is 1. The van der Waals surface area contributed by atoms with Crippen molar-refractivity contribution in [3.63, 3.8) is 0 Å². The van der Waals surface area contributed by atoms with Gasteiger partial charge in [-0.05, 0) is 54.8 Å². The highest BCUT2D eigenvalue weighted by Crippen LogP contribution is 2.18. The molecule has 3 rings (SSSR count). The molecule has 3 aromatic rings. The first-order valence-corrected chi connectivity index (χ1v) is 11.0. The van der Waals surface area contributed by atoms with E-state index in [0.717, 1.165) is 5.56 Å². The molecule has 1 N–H and O–H groups in total. The third-order valence-corrected chi connectivity index (χ3v) is 6.39. The maximum absolute atomic E-state index is 12.4. The molecule has 8 nitrogen and oxygen atoms in total. The van der Waals surface area contributed by atoms with Gasteiger partial charge in [-0.25, -0.2) is 8.42 Å². The number of carbonyl (C=O) groups excluding carboxylic acids is 1. The van der Waals surface area contributed by atoms with E-state index in [1.54, 1.807) is 12.1 Å². The van der Waals surface area contributed by atoms with Crippen molar-refractivity contribution in [1.82, 2.24) is 10.2 Å². The Kier molecular flexibility index (Phi) is 6.51. The Morgan fingerprint density at radius 2 is 1.80 bits per heavy atom. The van der Waals surface area contributed by atoms with Crippen LogP contribution in [0.5, 0.6) is 5.75 Å². The lowest BCUT2D eigenvalue weighted by Crippen LogP contribution is -2.17. The number of benzene rings is 2. The van der Waals surface area contributed by atoms with E-state index in [0.29, 0.717) is 18.1 Å². The molecule has 0 aliphatic heterocycles. The van der Waals surface area contributed by atoms with Crippen LogP contribution in [0, 0.1) is 13.8 Å². The number of rotatable bonds is 8. The highest BCUT2D eigenvalue weighted by molar-refractivity contribution is 7.91. The summed E-state index contributed by atoms with van der Waals surface area (Å²) in [5.74, 6) is 0.0574. The molecule has 158 valence electrons. The zero-order chi connectivity index (χ0) is 21.7. The molecule has 0 saturated heterocycles. The van der Waals surface area contributed by atoms with E-state index >= 15 is 0 Å². The minimum Gasteiger partial charge on any atom is -0.497 e. The molecule has 0 fully saturated rings. The van der Waals surface area contributed by atoms with Crippen molar-refractivity contribution in [1.29, 1.82) is 0 Å². The number of sulfone groups is 1. The van der Waals surface area contributed by atoms with Gasteiger partial charge in [-0.1, -0.05) is 23.3 Å². The van der Waals surface area contributed by atoms with Gasteiger partial charge in [-0.2, -0.15) is 0 Å². The van der Waals surface area contributed by atoms with Crippen LogP contribution < -0.4 is 10.1 Å². The second-order valence-corrected chi connectivity index (χ2v) is 9.00. The van der Waals surface area contributed by atoms with Crippen molar-refractivity contribution in [2.24, 2.45) is 0 Å². The third kappa shape index (κ3) is 5.44. The number of anilines is 1. The van der Waals surface area contributed by atoms with Crippen molar-refractivity contribution in [2.45, 2.75) is 31.6 Å². The minimum absolute atomic E-state index is 0.0549. The quantitative estimate of drug-likeness (QED) is 0.586. The summed E-state index contributed by atoms with van der Waals surface area (Å²) in [7, 11) is -2.10. The number of nitrogens with zero attached hydrogens (tertiary/aromatic N) is 2. The first-order chi connectivity index (χ1) is 14.3. The lowest BCUT2D eigenvalue weighted by Gasteiger charge is -2.05.